The lowest BCUT2D eigenvalue weighted by molar-refractivity contribution is 0.190. The van der Waals surface area contributed by atoms with E-state index in [4.69, 9.17) is 5.84 Å². The second kappa shape index (κ2) is 1.67. The Labute approximate surface area is 48.4 Å². The van der Waals surface area contributed by atoms with Crippen molar-refractivity contribution in [1.29, 1.82) is 0 Å². The van der Waals surface area contributed by atoms with Gasteiger partial charge in [-0.2, -0.15) is 0 Å². The average molecular weight is 118 g/mol. The molecule has 0 aromatic heterocycles. The largest absolute Gasteiger partial charge is 0.269 e. The SMILES string of the molecule is CC1(F)CCN(N)C1. The zero-order valence-electron chi connectivity index (χ0n) is 5.02. The molecular weight excluding hydrogens is 107 g/mol. The van der Waals surface area contributed by atoms with Crippen LogP contribution < -0.4 is 5.84 Å². The van der Waals surface area contributed by atoms with Crippen molar-refractivity contribution in [3.05, 3.63) is 0 Å². The van der Waals surface area contributed by atoms with Gasteiger partial charge >= 0.3 is 0 Å². The van der Waals surface area contributed by atoms with Gasteiger partial charge < -0.3 is 0 Å². The van der Waals surface area contributed by atoms with Gasteiger partial charge in [-0.15, -0.1) is 0 Å². The molecule has 1 saturated heterocycles. The van der Waals surface area contributed by atoms with Crippen molar-refractivity contribution in [2.75, 3.05) is 13.1 Å². The van der Waals surface area contributed by atoms with E-state index >= 15 is 0 Å². The molecule has 0 saturated carbocycles. The number of halogens is 1. The predicted molar refractivity (Wildman–Crippen MR) is 29.9 cm³/mol. The highest BCUT2D eigenvalue weighted by molar-refractivity contribution is 4.83. The summed E-state index contributed by atoms with van der Waals surface area (Å²) in [5.74, 6) is 5.30. The van der Waals surface area contributed by atoms with Crippen molar-refractivity contribution < 1.29 is 4.39 Å². The Bertz CT molecular complexity index is 92.4. The minimum absolute atomic E-state index is 0.382. The van der Waals surface area contributed by atoms with Gasteiger partial charge in [0.2, 0.25) is 0 Å². The van der Waals surface area contributed by atoms with E-state index in [0.717, 1.165) is 0 Å². The maximum absolute atomic E-state index is 12.7. The summed E-state index contributed by atoms with van der Waals surface area (Å²) < 4.78 is 12.7. The lowest BCUT2D eigenvalue weighted by atomic mass is 10.1. The van der Waals surface area contributed by atoms with E-state index in [2.05, 4.69) is 0 Å². The van der Waals surface area contributed by atoms with Crippen molar-refractivity contribution >= 4 is 0 Å². The summed E-state index contributed by atoms with van der Waals surface area (Å²) in [6.45, 7) is 2.65. The fourth-order valence-electron chi connectivity index (χ4n) is 0.958. The summed E-state index contributed by atoms with van der Waals surface area (Å²) in [6, 6.07) is 0. The van der Waals surface area contributed by atoms with Crippen molar-refractivity contribution in [3.63, 3.8) is 0 Å². The molecule has 48 valence electrons. The number of rotatable bonds is 0. The molecule has 1 aliphatic rings. The normalized spacial score (nSPS) is 40.9. The second-order valence-electron chi connectivity index (χ2n) is 2.63. The van der Waals surface area contributed by atoms with Gasteiger partial charge in [0.15, 0.2) is 0 Å². The van der Waals surface area contributed by atoms with Crippen LogP contribution in [0.25, 0.3) is 0 Å². The van der Waals surface area contributed by atoms with Crippen LogP contribution in [0.2, 0.25) is 0 Å². The first-order chi connectivity index (χ1) is 3.60. The summed E-state index contributed by atoms with van der Waals surface area (Å²) in [5, 5.41) is 1.51. The van der Waals surface area contributed by atoms with Gasteiger partial charge in [0.1, 0.15) is 5.67 Å². The van der Waals surface area contributed by atoms with Gasteiger partial charge in [0.05, 0.1) is 0 Å². The number of hydrogen-bond donors (Lipinski definition) is 1. The molecule has 0 aromatic rings. The van der Waals surface area contributed by atoms with Crippen LogP contribution in [-0.4, -0.2) is 23.8 Å². The summed E-state index contributed by atoms with van der Waals surface area (Å²) in [7, 11) is 0. The quantitative estimate of drug-likeness (QED) is 0.463. The molecule has 2 nitrogen and oxygen atoms in total. The van der Waals surface area contributed by atoms with E-state index in [0.29, 0.717) is 19.5 Å². The molecule has 3 heteroatoms. The van der Waals surface area contributed by atoms with Crippen LogP contribution >= 0.6 is 0 Å². The van der Waals surface area contributed by atoms with E-state index in [1.165, 1.54) is 5.01 Å². The third-order valence-electron chi connectivity index (χ3n) is 1.45. The highest BCUT2D eigenvalue weighted by Crippen LogP contribution is 2.21. The standard InChI is InChI=1S/C5H11FN2/c1-5(6)2-3-8(7)4-5/h2-4,7H2,1H3. The zero-order valence-corrected chi connectivity index (χ0v) is 5.02. The fourth-order valence-corrected chi connectivity index (χ4v) is 0.958. The minimum Gasteiger partial charge on any atom is -0.269 e. The molecule has 0 aliphatic carbocycles. The van der Waals surface area contributed by atoms with Gasteiger partial charge in [-0.05, 0) is 13.3 Å². The first kappa shape index (κ1) is 5.98. The smallest absolute Gasteiger partial charge is 0.123 e. The lowest BCUT2D eigenvalue weighted by Crippen LogP contribution is -2.31. The number of hydrazine groups is 1. The highest BCUT2D eigenvalue weighted by Gasteiger charge is 2.31. The number of alkyl halides is 1. The van der Waals surface area contributed by atoms with Gasteiger partial charge in [0.25, 0.3) is 0 Å². The van der Waals surface area contributed by atoms with Gasteiger partial charge in [-0.3, -0.25) is 5.84 Å². The molecule has 1 aliphatic heterocycles. The summed E-state index contributed by atoms with van der Waals surface area (Å²) in [6.07, 6.45) is 0.573. The number of nitrogens with two attached hydrogens (primary N) is 1. The Hall–Kier alpha value is -0.150. The van der Waals surface area contributed by atoms with E-state index in [1.54, 1.807) is 6.92 Å². The van der Waals surface area contributed by atoms with Crippen LogP contribution in [0, 0.1) is 0 Å². The first-order valence-electron chi connectivity index (χ1n) is 2.79. The molecule has 8 heavy (non-hydrogen) atoms. The molecule has 2 N–H and O–H groups in total. The van der Waals surface area contributed by atoms with E-state index < -0.39 is 5.67 Å². The van der Waals surface area contributed by atoms with Crippen LogP contribution in [0.4, 0.5) is 4.39 Å². The molecule has 0 aromatic carbocycles. The Morgan fingerprint density at radius 1 is 1.75 bits per heavy atom. The Morgan fingerprint density at radius 3 is 2.50 bits per heavy atom. The predicted octanol–water partition coefficient (Wildman–Crippen LogP) is 0.294. The van der Waals surface area contributed by atoms with Crippen LogP contribution in [0.5, 0.6) is 0 Å². The summed E-state index contributed by atoms with van der Waals surface area (Å²) in [5.41, 5.74) is -1.03. The van der Waals surface area contributed by atoms with E-state index in [9.17, 15) is 4.39 Å². The molecule has 0 radical (unpaired) electrons. The molecule has 0 spiro atoms. The lowest BCUT2D eigenvalue weighted by Gasteiger charge is -2.10. The van der Waals surface area contributed by atoms with Crippen molar-refractivity contribution in [1.82, 2.24) is 5.01 Å². The molecule has 1 atom stereocenters. The monoisotopic (exact) mass is 118 g/mol. The van der Waals surface area contributed by atoms with E-state index in [1.807, 2.05) is 0 Å². The second-order valence-corrected chi connectivity index (χ2v) is 2.63. The third kappa shape index (κ3) is 1.17. The molecule has 0 amide bonds. The van der Waals surface area contributed by atoms with Gasteiger partial charge in [-0.1, -0.05) is 0 Å². The van der Waals surface area contributed by atoms with Crippen LogP contribution in [0.1, 0.15) is 13.3 Å². The Kier molecular flexibility index (Phi) is 1.25. The maximum atomic E-state index is 12.7. The third-order valence-corrected chi connectivity index (χ3v) is 1.45. The van der Waals surface area contributed by atoms with Crippen molar-refractivity contribution in [2.24, 2.45) is 5.84 Å². The topological polar surface area (TPSA) is 29.3 Å². The molecule has 1 rings (SSSR count). The van der Waals surface area contributed by atoms with Crippen LogP contribution in [-0.2, 0) is 0 Å². The molecule has 1 fully saturated rings. The van der Waals surface area contributed by atoms with Crippen LogP contribution in [0.15, 0.2) is 0 Å². The Balaban J connectivity index is 2.44. The minimum atomic E-state index is -1.03. The van der Waals surface area contributed by atoms with Crippen molar-refractivity contribution in [2.45, 2.75) is 19.0 Å². The number of hydrogen-bond acceptors (Lipinski definition) is 2. The molecule has 0 bridgehead atoms. The summed E-state index contributed by atoms with van der Waals surface area (Å²) >= 11 is 0. The first-order valence-corrected chi connectivity index (χ1v) is 2.79. The van der Waals surface area contributed by atoms with Crippen molar-refractivity contribution in [3.8, 4) is 0 Å². The fraction of sp³-hybridized carbons (Fsp3) is 1.00. The zero-order chi connectivity index (χ0) is 6.20. The van der Waals surface area contributed by atoms with Crippen LogP contribution in [0.3, 0.4) is 0 Å². The summed E-state index contributed by atoms with van der Waals surface area (Å²) in [4.78, 5) is 0. The van der Waals surface area contributed by atoms with Gasteiger partial charge in [0, 0.05) is 13.1 Å². The molecule has 1 heterocycles. The number of nitrogens with zero attached hydrogens (tertiary/aromatic N) is 1. The maximum Gasteiger partial charge on any atom is 0.123 e. The Morgan fingerprint density at radius 2 is 2.38 bits per heavy atom. The van der Waals surface area contributed by atoms with Gasteiger partial charge in [-0.25, -0.2) is 9.40 Å². The highest BCUT2D eigenvalue weighted by atomic mass is 19.1. The molecule has 1 unspecified atom stereocenters. The van der Waals surface area contributed by atoms with E-state index in [-0.39, 0.29) is 0 Å². The molecular formula is C5H11FN2. The average Bonchev–Trinajstić information content (AvgIpc) is 1.82.